The van der Waals surface area contributed by atoms with Crippen LogP contribution >= 0.6 is 11.6 Å². The maximum absolute atomic E-state index is 13.3. The normalized spacial score (nSPS) is 11.8. The molecule has 0 unspecified atom stereocenters. The van der Waals surface area contributed by atoms with Gasteiger partial charge in [-0.25, -0.2) is 14.3 Å². The van der Waals surface area contributed by atoms with Crippen LogP contribution in [0.2, 0.25) is 5.02 Å². The zero-order valence-electron chi connectivity index (χ0n) is 14.8. The summed E-state index contributed by atoms with van der Waals surface area (Å²) < 4.78 is 42.3. The zero-order valence-corrected chi connectivity index (χ0v) is 15.5. The third-order valence-electron chi connectivity index (χ3n) is 4.08. The highest BCUT2D eigenvalue weighted by Gasteiger charge is 2.33. The lowest BCUT2D eigenvalue weighted by molar-refractivity contribution is -0.141. The molecular formula is C18H12ClF3N6O. The van der Waals surface area contributed by atoms with Gasteiger partial charge in [0.1, 0.15) is 11.5 Å². The van der Waals surface area contributed by atoms with E-state index >= 15 is 0 Å². The molecule has 0 aliphatic carbocycles. The van der Waals surface area contributed by atoms with Crippen molar-refractivity contribution in [2.45, 2.75) is 6.18 Å². The van der Waals surface area contributed by atoms with Crippen molar-refractivity contribution < 1.29 is 13.2 Å². The Morgan fingerprint density at radius 3 is 2.48 bits per heavy atom. The van der Waals surface area contributed by atoms with Crippen molar-refractivity contribution in [3.05, 3.63) is 69.9 Å². The van der Waals surface area contributed by atoms with Gasteiger partial charge in [0.25, 0.3) is 0 Å². The van der Waals surface area contributed by atoms with Crippen LogP contribution in [0.15, 0.2) is 53.5 Å². The van der Waals surface area contributed by atoms with Gasteiger partial charge in [0, 0.05) is 19.3 Å². The fraction of sp³-hybridized carbons (Fsp3) is 0.111. The highest BCUT2D eigenvalue weighted by molar-refractivity contribution is 6.32. The molecular weight excluding hydrogens is 409 g/mol. The van der Waals surface area contributed by atoms with Crippen molar-refractivity contribution in [3.8, 4) is 5.69 Å². The zero-order chi connectivity index (χ0) is 20.8. The number of fused-ring (bicyclic) bond motifs is 1. The summed E-state index contributed by atoms with van der Waals surface area (Å²) in [6, 6.07) is 9.92. The second-order valence-corrected chi connectivity index (χ2v) is 6.50. The van der Waals surface area contributed by atoms with E-state index < -0.39 is 17.6 Å². The molecule has 148 valence electrons. The van der Waals surface area contributed by atoms with Gasteiger partial charge in [0.2, 0.25) is 0 Å². The van der Waals surface area contributed by atoms with Crippen molar-refractivity contribution in [3.63, 3.8) is 0 Å². The maximum atomic E-state index is 13.3. The Kier molecular flexibility index (Phi) is 4.50. The van der Waals surface area contributed by atoms with Crippen LogP contribution in [0.25, 0.3) is 16.7 Å². The first kappa shape index (κ1) is 18.9. The molecule has 1 N–H and O–H groups in total. The summed E-state index contributed by atoms with van der Waals surface area (Å²) in [7, 11) is 1.70. The Morgan fingerprint density at radius 2 is 1.83 bits per heavy atom. The van der Waals surface area contributed by atoms with Gasteiger partial charge in [-0.2, -0.15) is 23.3 Å². The van der Waals surface area contributed by atoms with E-state index in [1.54, 1.807) is 31.4 Å². The molecule has 4 rings (SSSR count). The topological polar surface area (TPSA) is 77.6 Å². The average molecular weight is 421 g/mol. The number of nitrogens with zero attached hydrogens (tertiary/aromatic N) is 5. The highest BCUT2D eigenvalue weighted by atomic mass is 35.5. The van der Waals surface area contributed by atoms with Gasteiger partial charge in [0.15, 0.2) is 11.5 Å². The number of alkyl halides is 3. The number of aryl methyl sites for hydroxylation is 1. The lowest BCUT2D eigenvalue weighted by atomic mass is 10.2. The summed E-state index contributed by atoms with van der Waals surface area (Å²) in [6.07, 6.45) is -3.02. The van der Waals surface area contributed by atoms with Crippen molar-refractivity contribution in [2.24, 2.45) is 7.05 Å². The minimum Gasteiger partial charge on any atom is -0.323 e. The predicted octanol–water partition coefficient (Wildman–Crippen LogP) is 3.93. The Balaban J connectivity index is 2.02. The third kappa shape index (κ3) is 3.54. The summed E-state index contributed by atoms with van der Waals surface area (Å²) in [6.45, 7) is 0. The Morgan fingerprint density at radius 1 is 1.07 bits per heavy atom. The number of hydrogen-bond donors (Lipinski definition) is 1. The molecule has 0 saturated carbocycles. The third-order valence-corrected chi connectivity index (χ3v) is 4.40. The summed E-state index contributed by atoms with van der Waals surface area (Å²) in [5.74, 6) is 0.407. The Labute approximate surface area is 166 Å². The summed E-state index contributed by atoms with van der Waals surface area (Å²) >= 11 is 6.17. The number of halogens is 4. The van der Waals surface area contributed by atoms with Gasteiger partial charge in [-0.15, -0.1) is 0 Å². The number of benzene rings is 1. The molecule has 3 heterocycles. The quantitative estimate of drug-likeness (QED) is 0.543. The van der Waals surface area contributed by atoms with Crippen molar-refractivity contribution in [2.75, 3.05) is 5.32 Å². The van der Waals surface area contributed by atoms with Gasteiger partial charge in [0.05, 0.1) is 16.1 Å². The molecule has 3 aromatic heterocycles. The number of anilines is 2. The van der Waals surface area contributed by atoms with E-state index in [4.69, 9.17) is 11.6 Å². The van der Waals surface area contributed by atoms with Crippen molar-refractivity contribution in [1.82, 2.24) is 24.3 Å². The molecule has 0 aliphatic rings. The molecule has 0 amide bonds. The molecule has 0 saturated heterocycles. The molecule has 0 spiro atoms. The first-order chi connectivity index (χ1) is 13.7. The lowest BCUT2D eigenvalue weighted by Crippen LogP contribution is -2.25. The molecule has 29 heavy (non-hydrogen) atoms. The molecule has 0 fully saturated rings. The number of nitrogens with one attached hydrogen (secondary N) is 1. The Bertz CT molecular complexity index is 1280. The number of aromatic nitrogens is 5. The fourth-order valence-electron chi connectivity index (χ4n) is 2.81. The first-order valence-corrected chi connectivity index (χ1v) is 8.64. The molecule has 0 aliphatic heterocycles. The van der Waals surface area contributed by atoms with E-state index in [0.717, 1.165) is 10.6 Å². The summed E-state index contributed by atoms with van der Waals surface area (Å²) in [5.41, 5.74) is -2.03. The SMILES string of the molecule is Cn1ccc(Nc2nc(=O)n(-c3ccccc3Cl)c3nc(C(F)(F)F)ccc23)n1. The van der Waals surface area contributed by atoms with E-state index in [0.29, 0.717) is 5.82 Å². The van der Waals surface area contributed by atoms with E-state index in [-0.39, 0.29) is 27.6 Å². The molecule has 7 nitrogen and oxygen atoms in total. The largest absolute Gasteiger partial charge is 0.433 e. The van der Waals surface area contributed by atoms with Crippen LogP contribution in [-0.2, 0) is 13.2 Å². The van der Waals surface area contributed by atoms with E-state index in [2.05, 4.69) is 20.4 Å². The fourth-order valence-corrected chi connectivity index (χ4v) is 3.03. The number of pyridine rings is 1. The maximum Gasteiger partial charge on any atom is 0.433 e. The van der Waals surface area contributed by atoms with Gasteiger partial charge in [-0.05, 0) is 24.3 Å². The molecule has 0 radical (unpaired) electrons. The van der Waals surface area contributed by atoms with Crippen LogP contribution in [0.1, 0.15) is 5.69 Å². The number of rotatable bonds is 3. The lowest BCUT2D eigenvalue weighted by Gasteiger charge is -2.15. The van der Waals surface area contributed by atoms with Gasteiger partial charge in [-0.3, -0.25) is 4.68 Å². The van der Waals surface area contributed by atoms with Crippen LogP contribution in [0.3, 0.4) is 0 Å². The molecule has 4 aromatic rings. The van der Waals surface area contributed by atoms with Crippen LogP contribution in [0, 0.1) is 0 Å². The van der Waals surface area contributed by atoms with Crippen LogP contribution in [0.4, 0.5) is 24.8 Å². The van der Waals surface area contributed by atoms with E-state index in [1.807, 2.05) is 0 Å². The second kappa shape index (κ2) is 6.89. The molecule has 11 heteroatoms. The minimum absolute atomic E-state index is 0.0354. The van der Waals surface area contributed by atoms with Crippen molar-refractivity contribution >= 4 is 34.3 Å². The highest BCUT2D eigenvalue weighted by Crippen LogP contribution is 2.32. The average Bonchev–Trinajstić information content (AvgIpc) is 3.06. The van der Waals surface area contributed by atoms with Crippen LogP contribution in [0.5, 0.6) is 0 Å². The number of hydrogen-bond acceptors (Lipinski definition) is 5. The minimum atomic E-state index is -4.69. The monoisotopic (exact) mass is 420 g/mol. The Hall–Kier alpha value is -3.40. The smallest absolute Gasteiger partial charge is 0.323 e. The van der Waals surface area contributed by atoms with Gasteiger partial charge < -0.3 is 5.32 Å². The second-order valence-electron chi connectivity index (χ2n) is 6.09. The first-order valence-electron chi connectivity index (χ1n) is 8.26. The van der Waals surface area contributed by atoms with Gasteiger partial charge in [-0.1, -0.05) is 23.7 Å². The molecule has 0 bridgehead atoms. The van der Waals surface area contributed by atoms with E-state index in [1.165, 1.54) is 22.9 Å². The predicted molar refractivity (Wildman–Crippen MR) is 102 cm³/mol. The van der Waals surface area contributed by atoms with E-state index in [9.17, 15) is 18.0 Å². The van der Waals surface area contributed by atoms with Crippen molar-refractivity contribution in [1.29, 1.82) is 0 Å². The molecule has 1 aromatic carbocycles. The number of para-hydroxylation sites is 1. The van der Waals surface area contributed by atoms with Crippen LogP contribution in [-0.4, -0.2) is 24.3 Å². The van der Waals surface area contributed by atoms with Gasteiger partial charge >= 0.3 is 11.9 Å². The van der Waals surface area contributed by atoms with Crippen LogP contribution < -0.4 is 11.0 Å². The summed E-state index contributed by atoms with van der Waals surface area (Å²) in [4.78, 5) is 20.5. The summed E-state index contributed by atoms with van der Waals surface area (Å²) in [5, 5.41) is 7.34. The standard InChI is InChI=1S/C18H12ClF3N6O/c1-27-9-8-14(26-27)24-15-10-6-7-13(18(20,21)22)23-16(10)28(17(29)25-15)12-5-3-2-4-11(12)19/h2-9H,1H3,(H,24,25,26,29). The molecule has 0 atom stereocenters.